The maximum Gasteiger partial charge on any atom is 0.107 e. The molecule has 2 N–H and O–H groups in total. The van der Waals surface area contributed by atoms with Gasteiger partial charge in [0.05, 0.1) is 5.69 Å². The molecule has 1 aliphatic rings. The average Bonchev–Trinajstić information content (AvgIpc) is 2.74. The minimum absolute atomic E-state index is 0.253. The molecule has 0 saturated carbocycles. The van der Waals surface area contributed by atoms with Gasteiger partial charge in [0.1, 0.15) is 5.01 Å². The highest BCUT2D eigenvalue weighted by Gasteiger charge is 2.16. The van der Waals surface area contributed by atoms with Crippen molar-refractivity contribution in [2.45, 2.75) is 45.2 Å². The van der Waals surface area contributed by atoms with E-state index in [0.29, 0.717) is 6.04 Å². The Morgan fingerprint density at radius 1 is 1.53 bits per heavy atom. The third-order valence-electron chi connectivity index (χ3n) is 2.80. The third-order valence-corrected chi connectivity index (χ3v) is 3.96. The van der Waals surface area contributed by atoms with Gasteiger partial charge < -0.3 is 10.4 Å². The molecule has 0 aliphatic heterocycles. The number of hydrogen-bond donors (Lipinski definition) is 2. The molecule has 1 aromatic heterocycles. The van der Waals surface area contributed by atoms with Crippen LogP contribution in [0, 0.1) is 0 Å². The Balaban J connectivity index is 1.83. The molecule has 0 saturated heterocycles. The van der Waals surface area contributed by atoms with E-state index in [-0.39, 0.29) is 6.61 Å². The number of hydrogen-bond acceptors (Lipinski definition) is 4. The van der Waals surface area contributed by atoms with Gasteiger partial charge in [0, 0.05) is 24.1 Å². The van der Waals surface area contributed by atoms with Crippen molar-refractivity contribution in [3.8, 4) is 0 Å². The molecule has 3 nitrogen and oxygen atoms in total. The van der Waals surface area contributed by atoms with E-state index in [1.54, 1.807) is 0 Å². The Hall–Kier alpha value is -0.450. The first-order valence-electron chi connectivity index (χ1n) is 5.61. The molecule has 1 heterocycles. The number of thiazole rings is 1. The molecule has 0 amide bonds. The van der Waals surface area contributed by atoms with Crippen molar-refractivity contribution < 1.29 is 5.11 Å². The monoisotopic (exact) mass is 226 g/mol. The standard InChI is InChI=1S/C11H18N2OS/c1-8(5-6-14)12-7-11-13-9-3-2-4-10(9)15-11/h8,12,14H,2-7H2,1H3. The second-order valence-corrected chi connectivity index (χ2v) is 5.29. The van der Waals surface area contributed by atoms with Crippen molar-refractivity contribution >= 4 is 11.3 Å². The number of aromatic nitrogens is 1. The van der Waals surface area contributed by atoms with Crippen LogP contribution >= 0.6 is 11.3 Å². The summed E-state index contributed by atoms with van der Waals surface area (Å²) in [6, 6.07) is 0.369. The fourth-order valence-corrected chi connectivity index (χ4v) is 2.98. The van der Waals surface area contributed by atoms with Gasteiger partial charge in [-0.2, -0.15) is 0 Å². The summed E-state index contributed by atoms with van der Waals surface area (Å²) in [5, 5.41) is 13.4. The summed E-state index contributed by atoms with van der Waals surface area (Å²) in [5.74, 6) is 0. The Bertz CT molecular complexity index is 303. The fourth-order valence-electron chi connectivity index (χ4n) is 1.88. The Kier molecular flexibility index (Phi) is 3.72. The summed E-state index contributed by atoms with van der Waals surface area (Å²) in [7, 11) is 0. The highest BCUT2D eigenvalue weighted by Crippen LogP contribution is 2.27. The molecule has 15 heavy (non-hydrogen) atoms. The van der Waals surface area contributed by atoms with E-state index in [1.165, 1.54) is 28.4 Å². The molecule has 0 radical (unpaired) electrons. The third kappa shape index (κ3) is 2.77. The van der Waals surface area contributed by atoms with Crippen LogP contribution in [0.3, 0.4) is 0 Å². The zero-order valence-electron chi connectivity index (χ0n) is 9.12. The van der Waals surface area contributed by atoms with Gasteiger partial charge in [-0.3, -0.25) is 0 Å². The molecule has 0 spiro atoms. The van der Waals surface area contributed by atoms with E-state index in [0.717, 1.165) is 19.4 Å². The van der Waals surface area contributed by atoms with Gasteiger partial charge in [-0.05, 0) is 32.6 Å². The predicted octanol–water partition coefficient (Wildman–Crippen LogP) is 1.49. The van der Waals surface area contributed by atoms with Gasteiger partial charge in [0.15, 0.2) is 0 Å². The highest BCUT2D eigenvalue weighted by molar-refractivity contribution is 7.11. The summed E-state index contributed by atoms with van der Waals surface area (Å²) in [4.78, 5) is 6.10. The number of rotatable bonds is 5. The number of fused-ring (bicyclic) bond motifs is 1. The van der Waals surface area contributed by atoms with E-state index < -0.39 is 0 Å². The SMILES string of the molecule is CC(CCO)NCc1nc2c(s1)CCC2. The number of aliphatic hydroxyl groups is 1. The summed E-state index contributed by atoms with van der Waals surface area (Å²) >= 11 is 1.85. The largest absolute Gasteiger partial charge is 0.396 e. The smallest absolute Gasteiger partial charge is 0.107 e. The summed E-state index contributed by atoms with van der Waals surface area (Å²) in [5.41, 5.74) is 1.33. The number of aryl methyl sites for hydroxylation is 2. The minimum Gasteiger partial charge on any atom is -0.396 e. The van der Waals surface area contributed by atoms with Crippen molar-refractivity contribution in [1.82, 2.24) is 10.3 Å². The van der Waals surface area contributed by atoms with Crippen LogP contribution in [0.1, 0.15) is 35.3 Å². The topological polar surface area (TPSA) is 45.1 Å². The molecule has 4 heteroatoms. The highest BCUT2D eigenvalue weighted by atomic mass is 32.1. The quantitative estimate of drug-likeness (QED) is 0.799. The Labute approximate surface area is 94.5 Å². The van der Waals surface area contributed by atoms with E-state index in [4.69, 9.17) is 5.11 Å². The van der Waals surface area contributed by atoms with Crippen LogP contribution < -0.4 is 5.32 Å². The van der Waals surface area contributed by atoms with Crippen molar-refractivity contribution in [2.75, 3.05) is 6.61 Å². The van der Waals surface area contributed by atoms with Crippen LogP contribution in [0.4, 0.5) is 0 Å². The van der Waals surface area contributed by atoms with Gasteiger partial charge in [-0.25, -0.2) is 4.98 Å². The summed E-state index contributed by atoms with van der Waals surface area (Å²) in [6.07, 6.45) is 4.48. The molecular weight excluding hydrogens is 208 g/mol. The minimum atomic E-state index is 0.253. The van der Waals surface area contributed by atoms with Gasteiger partial charge in [-0.1, -0.05) is 0 Å². The zero-order chi connectivity index (χ0) is 10.7. The van der Waals surface area contributed by atoms with Gasteiger partial charge in [0.25, 0.3) is 0 Å². The Morgan fingerprint density at radius 3 is 3.13 bits per heavy atom. The Morgan fingerprint density at radius 2 is 2.40 bits per heavy atom. The van der Waals surface area contributed by atoms with Crippen molar-refractivity contribution in [1.29, 1.82) is 0 Å². The molecule has 2 rings (SSSR count). The van der Waals surface area contributed by atoms with Crippen LogP contribution in [0.2, 0.25) is 0 Å². The lowest BCUT2D eigenvalue weighted by molar-refractivity contribution is 0.268. The van der Waals surface area contributed by atoms with Crippen LogP contribution in [-0.2, 0) is 19.4 Å². The molecule has 0 fully saturated rings. The van der Waals surface area contributed by atoms with E-state index >= 15 is 0 Å². The molecule has 0 aromatic carbocycles. The van der Waals surface area contributed by atoms with Crippen LogP contribution in [-0.4, -0.2) is 22.7 Å². The lowest BCUT2D eigenvalue weighted by Crippen LogP contribution is -2.26. The second kappa shape index (κ2) is 5.05. The molecule has 1 aromatic rings. The van der Waals surface area contributed by atoms with Crippen LogP contribution in [0.5, 0.6) is 0 Å². The molecular formula is C11H18N2OS. The summed E-state index contributed by atoms with van der Waals surface area (Å²) in [6.45, 7) is 3.19. The maximum atomic E-state index is 8.78. The first-order valence-corrected chi connectivity index (χ1v) is 6.43. The summed E-state index contributed by atoms with van der Waals surface area (Å²) < 4.78 is 0. The maximum absolute atomic E-state index is 8.78. The van der Waals surface area contributed by atoms with Gasteiger partial charge in [-0.15, -0.1) is 11.3 Å². The molecule has 1 aliphatic carbocycles. The van der Waals surface area contributed by atoms with Gasteiger partial charge >= 0.3 is 0 Å². The van der Waals surface area contributed by atoms with Crippen molar-refractivity contribution in [2.24, 2.45) is 0 Å². The molecule has 84 valence electrons. The van der Waals surface area contributed by atoms with Crippen LogP contribution in [0.25, 0.3) is 0 Å². The van der Waals surface area contributed by atoms with Gasteiger partial charge in [0.2, 0.25) is 0 Å². The number of nitrogens with zero attached hydrogens (tertiary/aromatic N) is 1. The molecule has 1 unspecified atom stereocenters. The predicted molar refractivity (Wildman–Crippen MR) is 62.1 cm³/mol. The van der Waals surface area contributed by atoms with Crippen molar-refractivity contribution in [3.05, 3.63) is 15.6 Å². The van der Waals surface area contributed by atoms with E-state index in [2.05, 4.69) is 17.2 Å². The molecule has 1 atom stereocenters. The van der Waals surface area contributed by atoms with Crippen LogP contribution in [0.15, 0.2) is 0 Å². The molecule has 0 bridgehead atoms. The fraction of sp³-hybridized carbons (Fsp3) is 0.727. The number of aliphatic hydroxyl groups excluding tert-OH is 1. The first kappa shape index (κ1) is 11.0. The average molecular weight is 226 g/mol. The van der Waals surface area contributed by atoms with Crippen molar-refractivity contribution in [3.63, 3.8) is 0 Å². The van der Waals surface area contributed by atoms with E-state index in [9.17, 15) is 0 Å². The lowest BCUT2D eigenvalue weighted by Gasteiger charge is -2.10. The number of nitrogens with one attached hydrogen (secondary N) is 1. The van der Waals surface area contributed by atoms with E-state index in [1.807, 2.05) is 11.3 Å². The zero-order valence-corrected chi connectivity index (χ0v) is 9.94. The first-order chi connectivity index (χ1) is 7.29. The second-order valence-electron chi connectivity index (χ2n) is 4.13. The normalized spacial score (nSPS) is 16.7. The lowest BCUT2D eigenvalue weighted by atomic mass is 10.2.